The lowest BCUT2D eigenvalue weighted by Gasteiger charge is -2.44. The number of likely N-dealkylation sites (tertiary alicyclic amines) is 1. The maximum absolute atomic E-state index is 6.03. The van der Waals surface area contributed by atoms with E-state index < -0.39 is 0 Å². The van der Waals surface area contributed by atoms with E-state index in [-0.39, 0.29) is 0 Å². The Morgan fingerprint density at radius 1 is 1.38 bits per heavy atom. The van der Waals surface area contributed by atoms with Crippen LogP contribution in [0.1, 0.15) is 40.5 Å². The van der Waals surface area contributed by atoms with Gasteiger partial charge < -0.3 is 5.73 Å². The Hall–Kier alpha value is -0.0800. The van der Waals surface area contributed by atoms with E-state index in [4.69, 9.17) is 5.73 Å². The lowest BCUT2D eigenvalue weighted by Crippen LogP contribution is -2.54. The summed E-state index contributed by atoms with van der Waals surface area (Å²) in [5.41, 5.74) is 6.35. The van der Waals surface area contributed by atoms with Crippen molar-refractivity contribution in [3.63, 3.8) is 0 Å². The van der Waals surface area contributed by atoms with E-state index in [2.05, 4.69) is 32.6 Å². The second kappa shape index (κ2) is 3.97. The third-order valence-corrected chi connectivity index (χ3v) is 3.41. The predicted octanol–water partition coefficient (Wildman–Crippen LogP) is 1.84. The van der Waals surface area contributed by atoms with Gasteiger partial charge in [-0.25, -0.2) is 0 Å². The summed E-state index contributed by atoms with van der Waals surface area (Å²) < 4.78 is 0. The Morgan fingerprint density at radius 3 is 2.46 bits per heavy atom. The first-order chi connectivity index (χ1) is 5.95. The second-order valence-corrected chi connectivity index (χ2v) is 5.17. The van der Waals surface area contributed by atoms with Crippen molar-refractivity contribution in [3.8, 4) is 0 Å². The summed E-state index contributed by atoms with van der Waals surface area (Å²) in [6, 6.07) is 0.384. The molecule has 0 aliphatic carbocycles. The molecule has 2 nitrogen and oxygen atoms in total. The van der Waals surface area contributed by atoms with Crippen LogP contribution in [0.3, 0.4) is 0 Å². The van der Waals surface area contributed by atoms with E-state index in [0.717, 1.165) is 12.5 Å². The topological polar surface area (TPSA) is 29.3 Å². The molecule has 0 spiro atoms. The van der Waals surface area contributed by atoms with Crippen molar-refractivity contribution in [1.29, 1.82) is 0 Å². The summed E-state index contributed by atoms with van der Waals surface area (Å²) in [5.74, 6) is 0.759. The molecule has 1 heterocycles. The molecule has 0 radical (unpaired) electrons. The highest BCUT2D eigenvalue weighted by Crippen LogP contribution is 2.25. The quantitative estimate of drug-likeness (QED) is 0.709. The predicted molar refractivity (Wildman–Crippen MR) is 57.7 cm³/mol. The normalized spacial score (nSPS) is 32.1. The molecule has 0 bridgehead atoms. The first-order valence-corrected chi connectivity index (χ1v) is 5.46. The Balaban J connectivity index is 2.59. The van der Waals surface area contributed by atoms with Gasteiger partial charge in [0.1, 0.15) is 0 Å². The van der Waals surface area contributed by atoms with E-state index in [1.807, 2.05) is 0 Å². The van der Waals surface area contributed by atoms with Gasteiger partial charge in [-0.2, -0.15) is 0 Å². The van der Waals surface area contributed by atoms with Crippen LogP contribution < -0.4 is 5.73 Å². The summed E-state index contributed by atoms with van der Waals surface area (Å²) >= 11 is 0. The van der Waals surface area contributed by atoms with Gasteiger partial charge in [-0.15, -0.1) is 0 Å². The molecule has 13 heavy (non-hydrogen) atoms. The second-order valence-electron chi connectivity index (χ2n) is 5.17. The maximum atomic E-state index is 6.03. The van der Waals surface area contributed by atoms with Crippen LogP contribution in [0, 0.1) is 5.92 Å². The van der Waals surface area contributed by atoms with Crippen molar-refractivity contribution in [2.45, 2.75) is 52.1 Å². The summed E-state index contributed by atoms with van der Waals surface area (Å²) in [5, 5.41) is 0. The fraction of sp³-hybridized carbons (Fsp3) is 1.00. The molecular weight excluding hydrogens is 160 g/mol. The SMILES string of the molecule is CCC(C)(C)N1C[C@H](C)C[C@H](N)C1. The van der Waals surface area contributed by atoms with Gasteiger partial charge in [0.15, 0.2) is 0 Å². The van der Waals surface area contributed by atoms with Gasteiger partial charge in [0.05, 0.1) is 0 Å². The maximum Gasteiger partial charge on any atom is 0.0171 e. The highest BCUT2D eigenvalue weighted by atomic mass is 15.2. The van der Waals surface area contributed by atoms with Gasteiger partial charge in [-0.3, -0.25) is 4.90 Å². The lowest BCUT2D eigenvalue weighted by atomic mass is 9.90. The van der Waals surface area contributed by atoms with Gasteiger partial charge in [0, 0.05) is 24.7 Å². The molecule has 2 atom stereocenters. The number of rotatable bonds is 2. The number of piperidine rings is 1. The van der Waals surface area contributed by atoms with Crippen molar-refractivity contribution < 1.29 is 0 Å². The Labute approximate surface area is 82.5 Å². The molecule has 0 unspecified atom stereocenters. The van der Waals surface area contributed by atoms with E-state index >= 15 is 0 Å². The summed E-state index contributed by atoms with van der Waals surface area (Å²) in [6.45, 7) is 11.5. The van der Waals surface area contributed by atoms with Crippen LogP contribution in [0.4, 0.5) is 0 Å². The highest BCUT2D eigenvalue weighted by Gasteiger charge is 2.31. The van der Waals surface area contributed by atoms with E-state index in [1.165, 1.54) is 19.4 Å². The van der Waals surface area contributed by atoms with Gasteiger partial charge >= 0.3 is 0 Å². The lowest BCUT2D eigenvalue weighted by molar-refractivity contribution is 0.0586. The van der Waals surface area contributed by atoms with Crippen LogP contribution >= 0.6 is 0 Å². The molecule has 0 aromatic heterocycles. The number of hydrogen-bond acceptors (Lipinski definition) is 2. The molecular formula is C11H24N2. The first-order valence-electron chi connectivity index (χ1n) is 5.46. The van der Waals surface area contributed by atoms with Crippen LogP contribution in [0.2, 0.25) is 0 Å². The molecule has 1 saturated heterocycles. The van der Waals surface area contributed by atoms with E-state index in [1.54, 1.807) is 0 Å². The van der Waals surface area contributed by atoms with Crippen LogP contribution in [-0.2, 0) is 0 Å². The minimum absolute atomic E-state index is 0.326. The fourth-order valence-corrected chi connectivity index (χ4v) is 2.12. The number of nitrogens with two attached hydrogens (primary N) is 1. The largest absolute Gasteiger partial charge is 0.327 e. The Kier molecular flexibility index (Phi) is 3.36. The van der Waals surface area contributed by atoms with Gasteiger partial charge in [-0.1, -0.05) is 13.8 Å². The summed E-state index contributed by atoms with van der Waals surface area (Å²) in [7, 11) is 0. The zero-order valence-electron chi connectivity index (χ0n) is 9.51. The van der Waals surface area contributed by atoms with Crippen molar-refractivity contribution in [2.75, 3.05) is 13.1 Å². The molecule has 78 valence electrons. The molecule has 2 heteroatoms. The van der Waals surface area contributed by atoms with Crippen molar-refractivity contribution in [3.05, 3.63) is 0 Å². The minimum atomic E-state index is 0.326. The number of hydrogen-bond donors (Lipinski definition) is 1. The average molecular weight is 184 g/mol. The molecule has 1 fully saturated rings. The Bertz CT molecular complexity index is 155. The summed E-state index contributed by atoms with van der Waals surface area (Å²) in [4.78, 5) is 2.55. The zero-order chi connectivity index (χ0) is 10.1. The monoisotopic (exact) mass is 184 g/mol. The smallest absolute Gasteiger partial charge is 0.0171 e. The van der Waals surface area contributed by atoms with Crippen LogP contribution in [0.5, 0.6) is 0 Å². The molecule has 0 aromatic carbocycles. The fourth-order valence-electron chi connectivity index (χ4n) is 2.12. The molecule has 0 aromatic rings. The van der Waals surface area contributed by atoms with Crippen LogP contribution in [0.15, 0.2) is 0 Å². The van der Waals surface area contributed by atoms with E-state index in [0.29, 0.717) is 11.6 Å². The third kappa shape index (κ3) is 2.68. The van der Waals surface area contributed by atoms with Crippen LogP contribution in [0.25, 0.3) is 0 Å². The Morgan fingerprint density at radius 2 is 2.00 bits per heavy atom. The molecule has 1 aliphatic rings. The van der Waals surface area contributed by atoms with Gasteiger partial charge in [0.25, 0.3) is 0 Å². The average Bonchev–Trinajstić information content (AvgIpc) is 2.02. The summed E-state index contributed by atoms with van der Waals surface area (Å²) in [6.07, 6.45) is 2.39. The standard InChI is InChI=1S/C11H24N2/c1-5-11(3,4)13-7-9(2)6-10(12)8-13/h9-10H,5-8,12H2,1-4H3/t9-,10+/m1/s1. The highest BCUT2D eigenvalue weighted by molar-refractivity contribution is 4.88. The molecule has 0 amide bonds. The molecule has 2 N–H and O–H groups in total. The van der Waals surface area contributed by atoms with Crippen molar-refractivity contribution in [1.82, 2.24) is 4.90 Å². The van der Waals surface area contributed by atoms with Crippen molar-refractivity contribution in [2.24, 2.45) is 11.7 Å². The van der Waals surface area contributed by atoms with Crippen molar-refractivity contribution >= 4 is 0 Å². The van der Waals surface area contributed by atoms with E-state index in [9.17, 15) is 0 Å². The zero-order valence-corrected chi connectivity index (χ0v) is 9.51. The molecule has 0 saturated carbocycles. The molecule has 1 rings (SSSR count). The number of nitrogens with zero attached hydrogens (tertiary/aromatic N) is 1. The van der Waals surface area contributed by atoms with Crippen LogP contribution in [-0.4, -0.2) is 29.6 Å². The molecule has 1 aliphatic heterocycles. The van der Waals surface area contributed by atoms with Gasteiger partial charge in [0.2, 0.25) is 0 Å². The first kappa shape index (κ1) is 11.0. The minimum Gasteiger partial charge on any atom is -0.327 e. The van der Waals surface area contributed by atoms with Gasteiger partial charge in [-0.05, 0) is 32.6 Å². The third-order valence-electron chi connectivity index (χ3n) is 3.41.